The van der Waals surface area contributed by atoms with Gasteiger partial charge in [0.15, 0.2) is 0 Å². The van der Waals surface area contributed by atoms with Crippen LogP contribution in [-0.4, -0.2) is 117 Å². The Morgan fingerprint density at radius 3 is 1.71 bits per heavy atom. The molecule has 0 spiro atoms. The fourth-order valence-electron chi connectivity index (χ4n) is 7.83. The highest BCUT2D eigenvalue weighted by Crippen LogP contribution is 2.38. The average Bonchev–Trinajstić information content (AvgIpc) is 3.91. The summed E-state index contributed by atoms with van der Waals surface area (Å²) in [6, 6.07) is 33.3. The Hall–Kier alpha value is -3.98. The molecule has 5 heterocycles. The van der Waals surface area contributed by atoms with Crippen LogP contribution in [0, 0.1) is 0 Å². The van der Waals surface area contributed by atoms with Crippen LogP contribution in [0.1, 0.15) is 59.0 Å². The maximum absolute atomic E-state index is 9.04. The Morgan fingerprint density at radius 2 is 1.17 bits per heavy atom. The second-order valence-electron chi connectivity index (χ2n) is 15.4. The molecule has 12 heteroatoms. The van der Waals surface area contributed by atoms with Crippen molar-refractivity contribution in [2.45, 2.75) is 50.1 Å². The van der Waals surface area contributed by atoms with Crippen molar-refractivity contribution in [3.8, 4) is 5.75 Å². The summed E-state index contributed by atoms with van der Waals surface area (Å²) in [7, 11) is 4.34. The zero-order valence-electron chi connectivity index (χ0n) is 33.6. The third kappa shape index (κ3) is 10.4. The van der Waals surface area contributed by atoms with Crippen LogP contribution in [0.25, 0.3) is 20.4 Å². The lowest BCUT2D eigenvalue weighted by molar-refractivity contribution is -0.0235. The van der Waals surface area contributed by atoms with Gasteiger partial charge in [0, 0.05) is 45.0 Å². The van der Waals surface area contributed by atoms with Crippen molar-refractivity contribution in [3.63, 3.8) is 0 Å². The number of hydrogen-bond donors (Lipinski definition) is 1. The maximum atomic E-state index is 9.04. The van der Waals surface area contributed by atoms with Gasteiger partial charge < -0.3 is 38.8 Å². The van der Waals surface area contributed by atoms with Gasteiger partial charge in [0.25, 0.3) is 0 Å². The van der Waals surface area contributed by atoms with Crippen LogP contribution in [0.5, 0.6) is 5.75 Å². The number of para-hydroxylation sites is 2. The van der Waals surface area contributed by atoms with E-state index in [-0.39, 0.29) is 37.6 Å². The van der Waals surface area contributed by atoms with Crippen LogP contribution in [0.15, 0.2) is 97.1 Å². The summed E-state index contributed by atoms with van der Waals surface area (Å²) >= 11 is 3.44. The number of fused-ring (bicyclic) bond motifs is 2. The molecule has 3 aliphatic rings. The third-order valence-electron chi connectivity index (χ3n) is 11.1. The van der Waals surface area contributed by atoms with Crippen LogP contribution >= 0.6 is 22.7 Å². The number of aliphatic hydroxyl groups excluding tert-OH is 1. The van der Waals surface area contributed by atoms with Gasteiger partial charge in [0.05, 0.1) is 52.5 Å². The summed E-state index contributed by atoms with van der Waals surface area (Å²) in [4.78, 5) is 17.0. The topological polar surface area (TPSA) is 92.7 Å². The standard InChI is InChI=1S/C24H29N3O2S.C22H26N2O3S/c1-26-11-9-20(10-12-26)29-23(24-25-21-7-2-3-8-22(21)30-24)18-5-4-6-19(17-18)27-13-15-28-16-14-27;1-24-11-9-17(10-12-24)27-21(16-5-4-6-18(15-16)26-14-13-25)22-23-19-7-2-3-8-20(19)28-22/h2-8,17,20,23H,9-16H2,1H3;2-8,15,17,21,25H,9-14H2,1H3. The van der Waals surface area contributed by atoms with Crippen LogP contribution in [-0.2, 0) is 14.2 Å². The molecule has 0 radical (unpaired) electrons. The monoisotopic (exact) mass is 821 g/mol. The van der Waals surface area contributed by atoms with Gasteiger partial charge in [-0.2, -0.15) is 0 Å². The van der Waals surface area contributed by atoms with Gasteiger partial charge in [0.1, 0.15) is 34.6 Å². The molecule has 0 amide bonds. The predicted octanol–water partition coefficient (Wildman–Crippen LogP) is 8.20. The van der Waals surface area contributed by atoms with E-state index in [0.29, 0.717) is 0 Å². The normalized spacial score (nSPS) is 18.6. The highest BCUT2D eigenvalue weighted by Gasteiger charge is 2.28. The smallest absolute Gasteiger partial charge is 0.135 e. The molecule has 3 saturated heterocycles. The Kier molecular flexibility index (Phi) is 14.0. The molecule has 6 aromatic rings. The number of nitrogens with zero attached hydrogens (tertiary/aromatic N) is 5. The van der Waals surface area contributed by atoms with Gasteiger partial charge in [-0.3, -0.25) is 0 Å². The van der Waals surface area contributed by atoms with Crippen LogP contribution < -0.4 is 9.64 Å². The lowest BCUT2D eigenvalue weighted by Crippen LogP contribution is -2.36. The van der Waals surface area contributed by atoms with Crippen molar-refractivity contribution in [1.29, 1.82) is 0 Å². The molecular weight excluding hydrogens is 767 g/mol. The molecule has 0 saturated carbocycles. The number of aliphatic hydroxyl groups is 1. The minimum absolute atomic E-state index is 0.00236. The first-order valence-corrected chi connectivity index (χ1v) is 22.3. The number of likely N-dealkylation sites (tertiary alicyclic amines) is 2. The third-order valence-corrected chi connectivity index (χ3v) is 13.3. The predicted molar refractivity (Wildman–Crippen MR) is 235 cm³/mol. The Morgan fingerprint density at radius 1 is 0.655 bits per heavy atom. The first kappa shape index (κ1) is 40.8. The van der Waals surface area contributed by atoms with Crippen molar-refractivity contribution in [2.24, 2.45) is 0 Å². The fourth-order valence-corrected chi connectivity index (χ4v) is 9.89. The highest BCUT2D eigenvalue weighted by molar-refractivity contribution is 7.19. The summed E-state index contributed by atoms with van der Waals surface area (Å²) in [6.45, 7) is 8.01. The second-order valence-corrected chi connectivity index (χ2v) is 17.5. The average molecular weight is 822 g/mol. The number of thiazole rings is 2. The van der Waals surface area contributed by atoms with Crippen molar-refractivity contribution < 1.29 is 24.1 Å². The Bertz CT molecular complexity index is 2130. The number of ether oxygens (including phenoxy) is 4. The van der Waals surface area contributed by atoms with Crippen molar-refractivity contribution in [2.75, 3.05) is 84.7 Å². The minimum atomic E-state index is -0.219. The lowest BCUT2D eigenvalue weighted by Gasteiger charge is -2.32. The molecule has 4 aromatic carbocycles. The SMILES string of the molecule is CN1CCC(OC(c2cccc(N3CCOCC3)c2)c2nc3ccccc3s2)CC1.CN1CCC(OC(c2cccc(OCCO)c2)c2nc3ccccc3s2)CC1. The van der Waals surface area contributed by atoms with E-state index in [1.165, 1.54) is 20.7 Å². The molecule has 58 heavy (non-hydrogen) atoms. The molecule has 3 fully saturated rings. The summed E-state index contributed by atoms with van der Waals surface area (Å²) in [5.74, 6) is 0.740. The fraction of sp³-hybridized carbons (Fsp3) is 0.435. The van der Waals surface area contributed by atoms with Gasteiger partial charge >= 0.3 is 0 Å². The van der Waals surface area contributed by atoms with E-state index in [2.05, 4.69) is 89.5 Å². The molecule has 0 aliphatic carbocycles. The van der Waals surface area contributed by atoms with E-state index in [4.69, 9.17) is 34.0 Å². The molecule has 3 aliphatic heterocycles. The van der Waals surface area contributed by atoms with Crippen LogP contribution in [0.3, 0.4) is 0 Å². The summed E-state index contributed by atoms with van der Waals surface area (Å²) in [6.07, 6.45) is 4.33. The number of anilines is 1. The van der Waals surface area contributed by atoms with E-state index in [1.54, 1.807) is 22.7 Å². The molecule has 306 valence electrons. The molecule has 1 N–H and O–H groups in total. The van der Waals surface area contributed by atoms with Gasteiger partial charge in [0.2, 0.25) is 0 Å². The van der Waals surface area contributed by atoms with Gasteiger partial charge in [-0.25, -0.2) is 9.97 Å². The van der Waals surface area contributed by atoms with Gasteiger partial charge in [-0.05, 0) is 99.4 Å². The highest BCUT2D eigenvalue weighted by atomic mass is 32.1. The molecular formula is C46H55N5O5S2. The zero-order valence-corrected chi connectivity index (χ0v) is 35.2. The quantitative estimate of drug-likeness (QED) is 0.130. The maximum Gasteiger partial charge on any atom is 0.135 e. The summed E-state index contributed by atoms with van der Waals surface area (Å²) in [5.41, 5.74) is 5.53. The van der Waals surface area contributed by atoms with E-state index in [0.717, 1.165) is 111 Å². The number of aromatic nitrogens is 2. The Labute approximate surface area is 350 Å². The molecule has 10 nitrogen and oxygen atoms in total. The summed E-state index contributed by atoms with van der Waals surface area (Å²) in [5, 5.41) is 11.1. The molecule has 2 aromatic heterocycles. The van der Waals surface area contributed by atoms with Gasteiger partial charge in [-0.15, -0.1) is 22.7 Å². The molecule has 0 bridgehead atoms. The lowest BCUT2D eigenvalue weighted by atomic mass is 10.1. The van der Waals surface area contributed by atoms with Crippen molar-refractivity contribution >= 4 is 48.8 Å². The van der Waals surface area contributed by atoms with E-state index in [9.17, 15) is 0 Å². The number of piperidine rings is 2. The number of hydrogen-bond acceptors (Lipinski definition) is 12. The largest absolute Gasteiger partial charge is 0.491 e. The van der Waals surface area contributed by atoms with Crippen LogP contribution in [0.4, 0.5) is 5.69 Å². The van der Waals surface area contributed by atoms with Crippen molar-refractivity contribution in [1.82, 2.24) is 19.8 Å². The molecule has 9 rings (SSSR count). The van der Waals surface area contributed by atoms with E-state index < -0.39 is 0 Å². The van der Waals surface area contributed by atoms with Crippen molar-refractivity contribution in [3.05, 3.63) is 118 Å². The first-order chi connectivity index (χ1) is 28.5. The van der Waals surface area contributed by atoms with Crippen LogP contribution in [0.2, 0.25) is 0 Å². The van der Waals surface area contributed by atoms with E-state index in [1.807, 2.05) is 36.4 Å². The minimum Gasteiger partial charge on any atom is -0.491 e. The number of rotatable bonds is 12. The Balaban J connectivity index is 0.000000162. The number of benzene rings is 4. The van der Waals surface area contributed by atoms with E-state index >= 15 is 0 Å². The number of morpholine rings is 1. The molecule has 2 unspecified atom stereocenters. The summed E-state index contributed by atoms with van der Waals surface area (Å²) < 4.78 is 26.9. The van der Waals surface area contributed by atoms with Gasteiger partial charge in [-0.1, -0.05) is 48.5 Å². The molecule has 2 atom stereocenters. The second kappa shape index (κ2) is 19.8. The zero-order chi connectivity index (χ0) is 39.7. The first-order valence-electron chi connectivity index (χ1n) is 20.6.